The molecule has 3 heterocycles. The van der Waals surface area contributed by atoms with Gasteiger partial charge in [-0.25, -0.2) is 22.8 Å². The third-order valence-corrected chi connectivity index (χ3v) is 7.24. The fourth-order valence-corrected chi connectivity index (χ4v) is 5.48. The molecular weight excluding hydrogens is 367 g/mol. The highest BCUT2D eigenvalue weighted by molar-refractivity contribution is 7.89. The molecule has 8 heteroatoms. The zero-order valence-corrected chi connectivity index (χ0v) is 16.1. The molecule has 0 amide bonds. The van der Waals surface area contributed by atoms with Crippen LogP contribution in [0.2, 0.25) is 0 Å². The maximum absolute atomic E-state index is 13.2. The maximum Gasteiger partial charge on any atom is 0.243 e. The molecule has 27 heavy (non-hydrogen) atoms. The average Bonchev–Trinajstić information content (AvgIpc) is 2.68. The van der Waals surface area contributed by atoms with Crippen LogP contribution in [0, 0.1) is 5.82 Å². The molecule has 144 valence electrons. The van der Waals surface area contributed by atoms with Crippen LogP contribution in [0.5, 0.6) is 0 Å². The number of hydrogen-bond acceptors (Lipinski definition) is 5. The van der Waals surface area contributed by atoms with Crippen molar-refractivity contribution in [3.63, 3.8) is 0 Å². The molecule has 0 radical (unpaired) electrons. The molecule has 2 aliphatic heterocycles. The van der Waals surface area contributed by atoms with E-state index in [2.05, 4.69) is 16.9 Å². The zero-order chi connectivity index (χ0) is 19.0. The molecule has 0 aliphatic carbocycles. The van der Waals surface area contributed by atoms with E-state index < -0.39 is 15.8 Å². The molecule has 0 unspecified atom stereocenters. The summed E-state index contributed by atoms with van der Waals surface area (Å²) in [6.07, 6.45) is 5.11. The highest BCUT2D eigenvalue weighted by Gasteiger charge is 2.36. The van der Waals surface area contributed by atoms with E-state index in [4.69, 9.17) is 4.98 Å². The molecule has 2 aliphatic rings. The van der Waals surface area contributed by atoms with Gasteiger partial charge in [0.05, 0.1) is 10.9 Å². The summed E-state index contributed by atoms with van der Waals surface area (Å²) in [4.78, 5) is 11.6. The summed E-state index contributed by atoms with van der Waals surface area (Å²) in [5, 5.41) is 0. The SMILES string of the molecule is CN1CCc2nc([C@H]3CCCCN3S(=O)(=O)c3ccc(F)cc3)ncc2C1. The molecule has 1 aromatic heterocycles. The number of piperidine rings is 1. The Balaban J connectivity index is 1.68. The summed E-state index contributed by atoms with van der Waals surface area (Å²) in [5.74, 6) is 0.121. The summed E-state index contributed by atoms with van der Waals surface area (Å²) in [7, 11) is -1.66. The minimum absolute atomic E-state index is 0.107. The minimum Gasteiger partial charge on any atom is -0.302 e. The average molecular weight is 390 g/mol. The zero-order valence-electron chi connectivity index (χ0n) is 15.3. The molecule has 2 aromatic rings. The first-order valence-electron chi connectivity index (χ1n) is 9.26. The van der Waals surface area contributed by atoms with Gasteiger partial charge in [-0.1, -0.05) is 6.42 Å². The number of rotatable bonds is 3. The normalized spacial score (nSPS) is 21.8. The van der Waals surface area contributed by atoms with Crippen LogP contribution in [0.1, 0.15) is 42.4 Å². The Morgan fingerprint density at radius 1 is 1.15 bits per heavy atom. The van der Waals surface area contributed by atoms with Crippen LogP contribution >= 0.6 is 0 Å². The van der Waals surface area contributed by atoms with Gasteiger partial charge >= 0.3 is 0 Å². The van der Waals surface area contributed by atoms with E-state index in [9.17, 15) is 12.8 Å². The third-order valence-electron chi connectivity index (χ3n) is 5.32. The lowest BCUT2D eigenvalue weighted by Gasteiger charge is -2.34. The fraction of sp³-hybridized carbons (Fsp3) is 0.474. The van der Waals surface area contributed by atoms with Crippen molar-refractivity contribution < 1.29 is 12.8 Å². The van der Waals surface area contributed by atoms with Crippen LogP contribution in [0.3, 0.4) is 0 Å². The van der Waals surface area contributed by atoms with Gasteiger partial charge in [-0.15, -0.1) is 0 Å². The Labute approximate surface area is 159 Å². The molecule has 1 saturated heterocycles. The molecular formula is C19H23FN4O2S. The highest BCUT2D eigenvalue weighted by atomic mass is 32.2. The van der Waals surface area contributed by atoms with E-state index in [1.807, 2.05) is 6.20 Å². The summed E-state index contributed by atoms with van der Waals surface area (Å²) < 4.78 is 41.0. The van der Waals surface area contributed by atoms with Crippen molar-refractivity contribution >= 4 is 10.0 Å². The molecule has 0 spiro atoms. The Bertz CT molecular complexity index is 933. The molecule has 1 fully saturated rings. The van der Waals surface area contributed by atoms with E-state index in [-0.39, 0.29) is 10.9 Å². The van der Waals surface area contributed by atoms with Crippen LogP contribution in [0.15, 0.2) is 35.4 Å². The Hall–Kier alpha value is -1.90. The second-order valence-electron chi connectivity index (χ2n) is 7.27. The molecule has 1 atom stereocenters. The smallest absolute Gasteiger partial charge is 0.243 e. The van der Waals surface area contributed by atoms with Crippen molar-refractivity contribution in [2.45, 2.75) is 43.2 Å². The lowest BCUT2D eigenvalue weighted by atomic mass is 10.0. The number of halogens is 1. The fourth-order valence-electron chi connectivity index (χ4n) is 3.83. The van der Waals surface area contributed by atoms with Crippen LogP contribution in [-0.4, -0.2) is 47.7 Å². The van der Waals surface area contributed by atoms with Gasteiger partial charge in [-0.3, -0.25) is 0 Å². The molecule has 4 rings (SSSR count). The first kappa shape index (κ1) is 18.5. The van der Waals surface area contributed by atoms with Gasteiger partial charge < -0.3 is 4.90 Å². The van der Waals surface area contributed by atoms with Crippen LogP contribution in [-0.2, 0) is 23.0 Å². The lowest BCUT2D eigenvalue weighted by Crippen LogP contribution is -2.39. The van der Waals surface area contributed by atoms with Crippen molar-refractivity contribution in [1.82, 2.24) is 19.2 Å². The van der Waals surface area contributed by atoms with Crippen LogP contribution < -0.4 is 0 Å². The highest BCUT2D eigenvalue weighted by Crippen LogP contribution is 2.34. The summed E-state index contributed by atoms with van der Waals surface area (Å²) in [5.41, 5.74) is 2.12. The van der Waals surface area contributed by atoms with Gasteiger partial charge in [0.15, 0.2) is 0 Å². The largest absolute Gasteiger partial charge is 0.302 e. The van der Waals surface area contributed by atoms with Gasteiger partial charge in [0.2, 0.25) is 10.0 Å². The molecule has 1 aromatic carbocycles. The van der Waals surface area contributed by atoms with Gasteiger partial charge in [-0.2, -0.15) is 4.31 Å². The minimum atomic E-state index is -3.73. The number of aromatic nitrogens is 2. The van der Waals surface area contributed by atoms with Crippen LogP contribution in [0.25, 0.3) is 0 Å². The van der Waals surface area contributed by atoms with Gasteiger partial charge in [-0.05, 0) is 44.2 Å². The number of likely N-dealkylation sites (N-methyl/N-ethyl adjacent to an activating group) is 1. The summed E-state index contributed by atoms with van der Waals surface area (Å²) >= 11 is 0. The van der Waals surface area contributed by atoms with Gasteiger partial charge in [0, 0.05) is 43.5 Å². The number of benzene rings is 1. The maximum atomic E-state index is 13.2. The molecule has 6 nitrogen and oxygen atoms in total. The van der Waals surface area contributed by atoms with Crippen molar-refractivity contribution in [2.24, 2.45) is 0 Å². The lowest BCUT2D eigenvalue weighted by molar-refractivity contribution is 0.244. The Morgan fingerprint density at radius 3 is 2.70 bits per heavy atom. The Kier molecular flexibility index (Phi) is 4.96. The van der Waals surface area contributed by atoms with Crippen molar-refractivity contribution in [3.05, 3.63) is 53.4 Å². The molecule has 0 saturated carbocycles. The topological polar surface area (TPSA) is 66.4 Å². The van der Waals surface area contributed by atoms with E-state index in [0.717, 1.165) is 43.6 Å². The van der Waals surface area contributed by atoms with E-state index in [1.54, 1.807) is 0 Å². The Morgan fingerprint density at radius 2 is 1.93 bits per heavy atom. The monoisotopic (exact) mass is 390 g/mol. The van der Waals surface area contributed by atoms with Crippen molar-refractivity contribution in [2.75, 3.05) is 20.1 Å². The first-order chi connectivity index (χ1) is 12.9. The number of nitrogens with zero attached hydrogens (tertiary/aromatic N) is 4. The summed E-state index contributed by atoms with van der Waals surface area (Å²) in [6.45, 7) is 2.18. The van der Waals surface area contributed by atoms with E-state index in [0.29, 0.717) is 18.8 Å². The first-order valence-corrected chi connectivity index (χ1v) is 10.7. The number of fused-ring (bicyclic) bond motifs is 1. The predicted octanol–water partition coefficient (Wildman–Crippen LogP) is 2.52. The van der Waals surface area contributed by atoms with Crippen LogP contribution in [0.4, 0.5) is 4.39 Å². The van der Waals surface area contributed by atoms with Crippen molar-refractivity contribution in [3.8, 4) is 0 Å². The number of sulfonamides is 1. The number of hydrogen-bond donors (Lipinski definition) is 0. The van der Waals surface area contributed by atoms with Gasteiger partial charge in [0.25, 0.3) is 0 Å². The standard InChI is InChI=1S/C19H23FN4O2S/c1-23-11-9-17-14(13-23)12-21-19(22-17)18-4-2-3-10-24(18)27(25,26)16-7-5-15(20)6-8-16/h5-8,12,18H,2-4,9-11,13H2,1H3/t18-/m1/s1. The molecule has 0 bridgehead atoms. The van der Waals surface area contributed by atoms with Crippen molar-refractivity contribution in [1.29, 1.82) is 0 Å². The van der Waals surface area contributed by atoms with Gasteiger partial charge in [0.1, 0.15) is 11.6 Å². The predicted molar refractivity (Wildman–Crippen MR) is 99.0 cm³/mol. The summed E-state index contributed by atoms with van der Waals surface area (Å²) in [6, 6.07) is 4.62. The van der Waals surface area contributed by atoms with E-state index in [1.165, 1.54) is 28.6 Å². The quantitative estimate of drug-likeness (QED) is 0.806. The van der Waals surface area contributed by atoms with E-state index >= 15 is 0 Å². The second-order valence-corrected chi connectivity index (χ2v) is 9.16. The second kappa shape index (κ2) is 7.26. The molecule has 0 N–H and O–H groups in total. The third kappa shape index (κ3) is 3.61.